The van der Waals surface area contributed by atoms with E-state index in [2.05, 4.69) is 32.1 Å². The molecule has 132 valence electrons. The summed E-state index contributed by atoms with van der Waals surface area (Å²) in [6.45, 7) is 4.30. The quantitative estimate of drug-likeness (QED) is 0.880. The number of likely N-dealkylation sites (N-methyl/N-ethyl adjacent to an activating group) is 1. The molecule has 7 heteroatoms. The number of ether oxygens (including phenoxy) is 1. The molecule has 1 N–H and O–H groups in total. The predicted molar refractivity (Wildman–Crippen MR) is 95.9 cm³/mol. The fourth-order valence-electron chi connectivity index (χ4n) is 2.87. The Hall–Kier alpha value is -2.67. The van der Waals surface area contributed by atoms with Crippen molar-refractivity contribution in [2.45, 2.75) is 6.54 Å². The van der Waals surface area contributed by atoms with E-state index in [1.807, 2.05) is 12.1 Å². The molecule has 1 aliphatic rings. The van der Waals surface area contributed by atoms with Crippen LogP contribution in [-0.4, -0.2) is 61.1 Å². The van der Waals surface area contributed by atoms with Crippen LogP contribution in [0.4, 0.5) is 5.82 Å². The molecule has 25 heavy (non-hydrogen) atoms. The number of hydrogen-bond acceptors (Lipinski definition) is 6. The molecule has 0 radical (unpaired) electrons. The topological polar surface area (TPSA) is 70.6 Å². The number of carbonyl (C=O) groups is 1. The lowest BCUT2D eigenvalue weighted by Gasteiger charge is -2.34. The largest absolute Gasteiger partial charge is 0.496 e. The summed E-state index contributed by atoms with van der Waals surface area (Å²) < 4.78 is 5.22. The van der Waals surface area contributed by atoms with Crippen molar-refractivity contribution in [2.24, 2.45) is 0 Å². The minimum absolute atomic E-state index is 0.210. The van der Waals surface area contributed by atoms with Gasteiger partial charge in [0.2, 0.25) is 0 Å². The summed E-state index contributed by atoms with van der Waals surface area (Å²) >= 11 is 0. The van der Waals surface area contributed by atoms with Crippen molar-refractivity contribution in [1.82, 2.24) is 20.2 Å². The average molecular weight is 341 g/mol. The normalized spacial score (nSPS) is 15.0. The maximum Gasteiger partial charge on any atom is 0.256 e. The molecule has 2 aromatic heterocycles. The second-order valence-electron chi connectivity index (χ2n) is 6.04. The third-order valence-electron chi connectivity index (χ3n) is 4.36. The third-order valence-corrected chi connectivity index (χ3v) is 4.36. The van der Waals surface area contributed by atoms with Crippen LogP contribution < -0.4 is 15.0 Å². The Morgan fingerprint density at radius 3 is 2.80 bits per heavy atom. The van der Waals surface area contributed by atoms with Crippen molar-refractivity contribution in [1.29, 1.82) is 0 Å². The number of nitrogens with zero attached hydrogens (tertiary/aromatic N) is 4. The van der Waals surface area contributed by atoms with Gasteiger partial charge in [-0.2, -0.15) is 0 Å². The number of methoxy groups -OCH3 is 1. The van der Waals surface area contributed by atoms with Crippen LogP contribution in [0.15, 0.2) is 36.8 Å². The molecule has 2 aromatic rings. The van der Waals surface area contributed by atoms with Crippen molar-refractivity contribution >= 4 is 11.7 Å². The summed E-state index contributed by atoms with van der Waals surface area (Å²) in [6, 6.07) is 5.57. The number of rotatable bonds is 5. The van der Waals surface area contributed by atoms with Crippen LogP contribution in [0.1, 0.15) is 15.9 Å². The van der Waals surface area contributed by atoms with E-state index in [4.69, 9.17) is 4.74 Å². The summed E-state index contributed by atoms with van der Waals surface area (Å²) in [5.74, 6) is 1.24. The summed E-state index contributed by atoms with van der Waals surface area (Å²) in [7, 11) is 3.66. The molecule has 0 spiro atoms. The second kappa shape index (κ2) is 7.94. The smallest absolute Gasteiger partial charge is 0.256 e. The molecule has 1 fully saturated rings. The van der Waals surface area contributed by atoms with Crippen molar-refractivity contribution < 1.29 is 9.53 Å². The van der Waals surface area contributed by atoms with Crippen LogP contribution in [0.25, 0.3) is 0 Å². The summed E-state index contributed by atoms with van der Waals surface area (Å²) in [5.41, 5.74) is 1.43. The maximum absolute atomic E-state index is 12.5. The number of anilines is 1. The molecule has 7 nitrogen and oxygen atoms in total. The molecule has 0 unspecified atom stereocenters. The van der Waals surface area contributed by atoms with E-state index in [1.54, 1.807) is 25.6 Å². The standard InChI is InChI=1S/C18H23N5O2/c1-22-8-10-23(11-9-22)17-14(4-3-6-20-17)12-21-18(24)15-13-19-7-5-16(15)25-2/h3-7,13H,8-12H2,1-2H3,(H,21,24). The van der Waals surface area contributed by atoms with Crippen molar-refractivity contribution in [2.75, 3.05) is 45.2 Å². The van der Waals surface area contributed by atoms with Gasteiger partial charge in [-0.1, -0.05) is 6.07 Å². The zero-order valence-electron chi connectivity index (χ0n) is 14.6. The van der Waals surface area contributed by atoms with Crippen LogP contribution in [0.3, 0.4) is 0 Å². The molecule has 0 bridgehead atoms. The van der Waals surface area contributed by atoms with Crippen LogP contribution in [0.5, 0.6) is 5.75 Å². The minimum Gasteiger partial charge on any atom is -0.496 e. The van der Waals surface area contributed by atoms with Crippen molar-refractivity contribution in [3.8, 4) is 5.75 Å². The summed E-state index contributed by atoms with van der Waals surface area (Å²) in [6.07, 6.45) is 4.91. The second-order valence-corrected chi connectivity index (χ2v) is 6.04. The highest BCUT2D eigenvalue weighted by Gasteiger charge is 2.19. The van der Waals surface area contributed by atoms with Gasteiger partial charge in [0.05, 0.1) is 12.7 Å². The van der Waals surface area contributed by atoms with E-state index in [0.29, 0.717) is 17.9 Å². The molecular weight excluding hydrogens is 318 g/mol. The Labute approximate surface area is 147 Å². The fraction of sp³-hybridized carbons (Fsp3) is 0.389. The van der Waals surface area contributed by atoms with Gasteiger partial charge < -0.3 is 19.9 Å². The Morgan fingerprint density at radius 2 is 2.04 bits per heavy atom. The molecule has 1 saturated heterocycles. The average Bonchev–Trinajstić information content (AvgIpc) is 2.67. The first-order chi connectivity index (χ1) is 12.2. The molecule has 3 heterocycles. The van der Waals surface area contributed by atoms with Gasteiger partial charge in [0, 0.05) is 56.9 Å². The Morgan fingerprint density at radius 1 is 1.24 bits per heavy atom. The van der Waals surface area contributed by atoms with Crippen LogP contribution in [0, 0.1) is 0 Å². The molecule has 1 amide bonds. The number of carbonyl (C=O) groups excluding carboxylic acids is 1. The number of hydrogen-bond donors (Lipinski definition) is 1. The molecule has 0 aliphatic carbocycles. The molecule has 0 saturated carbocycles. The lowest BCUT2D eigenvalue weighted by Crippen LogP contribution is -2.45. The monoisotopic (exact) mass is 341 g/mol. The minimum atomic E-state index is -0.210. The van der Waals surface area contributed by atoms with E-state index in [9.17, 15) is 4.79 Å². The maximum atomic E-state index is 12.5. The van der Waals surface area contributed by atoms with E-state index >= 15 is 0 Å². The zero-order chi connectivity index (χ0) is 17.6. The third kappa shape index (κ3) is 4.06. The van der Waals surface area contributed by atoms with Gasteiger partial charge in [0.1, 0.15) is 11.6 Å². The van der Waals surface area contributed by atoms with Gasteiger partial charge in [-0.05, 0) is 19.2 Å². The van der Waals surface area contributed by atoms with Crippen LogP contribution in [-0.2, 0) is 6.54 Å². The highest BCUT2D eigenvalue weighted by molar-refractivity contribution is 5.96. The lowest BCUT2D eigenvalue weighted by molar-refractivity contribution is 0.0947. The molecule has 3 rings (SSSR count). The highest BCUT2D eigenvalue weighted by atomic mass is 16.5. The number of pyridine rings is 2. The van der Waals surface area contributed by atoms with E-state index in [1.165, 1.54) is 6.20 Å². The predicted octanol–water partition coefficient (Wildman–Crippen LogP) is 1.17. The number of piperazine rings is 1. The number of nitrogens with one attached hydrogen (secondary N) is 1. The van der Waals surface area contributed by atoms with E-state index in [-0.39, 0.29) is 5.91 Å². The summed E-state index contributed by atoms with van der Waals surface area (Å²) in [4.78, 5) is 25.6. The Kier molecular flexibility index (Phi) is 5.45. The van der Waals surface area contributed by atoms with Gasteiger partial charge in [0.15, 0.2) is 0 Å². The first kappa shape index (κ1) is 17.2. The molecule has 0 aromatic carbocycles. The first-order valence-electron chi connectivity index (χ1n) is 8.32. The number of aromatic nitrogens is 2. The van der Waals surface area contributed by atoms with Gasteiger partial charge in [-0.15, -0.1) is 0 Å². The van der Waals surface area contributed by atoms with Gasteiger partial charge in [-0.25, -0.2) is 4.98 Å². The summed E-state index contributed by atoms with van der Waals surface area (Å²) in [5, 5.41) is 2.94. The SMILES string of the molecule is COc1ccncc1C(=O)NCc1cccnc1N1CCN(C)CC1. The van der Waals surface area contributed by atoms with Gasteiger partial charge in [-0.3, -0.25) is 9.78 Å². The lowest BCUT2D eigenvalue weighted by atomic mass is 10.2. The molecular formula is C18H23N5O2. The van der Waals surface area contributed by atoms with Crippen molar-refractivity contribution in [3.63, 3.8) is 0 Å². The van der Waals surface area contributed by atoms with Crippen LogP contribution >= 0.6 is 0 Å². The highest BCUT2D eigenvalue weighted by Crippen LogP contribution is 2.20. The van der Waals surface area contributed by atoms with Gasteiger partial charge in [0.25, 0.3) is 5.91 Å². The molecule has 1 aliphatic heterocycles. The van der Waals surface area contributed by atoms with Crippen LogP contribution in [0.2, 0.25) is 0 Å². The van der Waals surface area contributed by atoms with Crippen molar-refractivity contribution in [3.05, 3.63) is 47.9 Å². The number of amides is 1. The zero-order valence-corrected chi connectivity index (χ0v) is 14.6. The Balaban J connectivity index is 1.70. The van der Waals surface area contributed by atoms with Gasteiger partial charge >= 0.3 is 0 Å². The Bertz CT molecular complexity index is 729. The fourth-order valence-corrected chi connectivity index (χ4v) is 2.87. The first-order valence-corrected chi connectivity index (χ1v) is 8.32. The molecule has 0 atom stereocenters. The van der Waals surface area contributed by atoms with E-state index in [0.717, 1.165) is 37.6 Å². The van der Waals surface area contributed by atoms with E-state index < -0.39 is 0 Å².